The quantitative estimate of drug-likeness (QED) is 0.829. The van der Waals surface area contributed by atoms with Gasteiger partial charge in [-0.3, -0.25) is 0 Å². The van der Waals surface area contributed by atoms with Gasteiger partial charge in [-0.15, -0.1) is 0 Å². The van der Waals surface area contributed by atoms with Gasteiger partial charge in [0.25, 0.3) is 0 Å². The Bertz CT molecular complexity index is 514. The van der Waals surface area contributed by atoms with Gasteiger partial charge in [0.1, 0.15) is 5.60 Å². The molecular formula is C18H29ClN2O2. The third kappa shape index (κ3) is 7.23. The monoisotopic (exact) mass is 340 g/mol. The predicted octanol–water partition coefficient (Wildman–Crippen LogP) is 4.49. The molecule has 1 rings (SSSR count). The highest BCUT2D eigenvalue weighted by Gasteiger charge is 2.21. The van der Waals surface area contributed by atoms with Crippen LogP contribution >= 0.6 is 11.6 Å². The number of carbonyl (C=O) groups excluding carboxylic acids is 1. The molecule has 5 heteroatoms. The van der Waals surface area contributed by atoms with Crippen molar-refractivity contribution in [3.63, 3.8) is 0 Å². The number of hydrogen-bond acceptors (Lipinski definition) is 3. The second-order valence-electron chi connectivity index (χ2n) is 7.12. The topological polar surface area (TPSA) is 41.6 Å². The molecule has 1 amide bonds. The minimum atomic E-state index is -0.467. The first kappa shape index (κ1) is 19.8. The second kappa shape index (κ2) is 8.55. The molecule has 0 aliphatic heterocycles. The molecule has 0 bridgehead atoms. The molecule has 130 valence electrons. The van der Waals surface area contributed by atoms with Gasteiger partial charge in [0.05, 0.1) is 0 Å². The fraction of sp³-hybridized carbons (Fsp3) is 0.611. The summed E-state index contributed by atoms with van der Waals surface area (Å²) in [5.41, 5.74) is 0.618. The molecule has 23 heavy (non-hydrogen) atoms. The number of amides is 1. The van der Waals surface area contributed by atoms with Crippen LogP contribution < -0.4 is 5.32 Å². The van der Waals surface area contributed by atoms with Crippen LogP contribution in [-0.2, 0) is 4.74 Å². The lowest BCUT2D eigenvalue weighted by atomic mass is 10.1. The van der Waals surface area contributed by atoms with Crippen LogP contribution in [0.3, 0.4) is 0 Å². The van der Waals surface area contributed by atoms with Gasteiger partial charge in [-0.1, -0.05) is 36.7 Å². The molecule has 1 aromatic carbocycles. The van der Waals surface area contributed by atoms with E-state index in [0.717, 1.165) is 17.1 Å². The van der Waals surface area contributed by atoms with Gasteiger partial charge in [-0.25, -0.2) is 4.79 Å². The number of hydrogen-bond donors (Lipinski definition) is 1. The lowest BCUT2D eigenvalue weighted by Crippen LogP contribution is -2.38. The standard InChI is InChI=1S/C18H29ClN2O2/c1-13(12-21(6)17(22)23-18(3,4)5)11-20-14(2)15-9-7-8-10-16(15)19/h7-10,13-14,20H,11-12H2,1-6H3. The van der Waals surface area contributed by atoms with Gasteiger partial charge in [-0.05, 0) is 51.8 Å². The molecule has 0 saturated heterocycles. The van der Waals surface area contributed by atoms with E-state index in [1.165, 1.54) is 0 Å². The van der Waals surface area contributed by atoms with Gasteiger partial charge in [0.2, 0.25) is 0 Å². The Morgan fingerprint density at radius 1 is 1.30 bits per heavy atom. The zero-order valence-electron chi connectivity index (χ0n) is 15.0. The highest BCUT2D eigenvalue weighted by molar-refractivity contribution is 6.31. The number of carbonyl (C=O) groups is 1. The Morgan fingerprint density at radius 3 is 2.48 bits per heavy atom. The van der Waals surface area contributed by atoms with Gasteiger partial charge in [0, 0.05) is 24.7 Å². The van der Waals surface area contributed by atoms with E-state index >= 15 is 0 Å². The molecule has 0 spiro atoms. The molecule has 0 aliphatic rings. The van der Waals surface area contributed by atoms with Gasteiger partial charge >= 0.3 is 6.09 Å². The van der Waals surface area contributed by atoms with E-state index in [1.807, 2.05) is 45.0 Å². The molecule has 0 saturated carbocycles. The van der Waals surface area contributed by atoms with E-state index in [4.69, 9.17) is 16.3 Å². The number of nitrogens with zero attached hydrogens (tertiary/aromatic N) is 1. The molecule has 0 heterocycles. The summed E-state index contributed by atoms with van der Waals surface area (Å²) in [7, 11) is 1.77. The number of rotatable bonds is 6. The van der Waals surface area contributed by atoms with Crippen molar-refractivity contribution in [1.29, 1.82) is 0 Å². The van der Waals surface area contributed by atoms with Crippen molar-refractivity contribution in [2.75, 3.05) is 20.1 Å². The van der Waals surface area contributed by atoms with E-state index in [2.05, 4.69) is 19.2 Å². The van der Waals surface area contributed by atoms with Crippen molar-refractivity contribution in [3.05, 3.63) is 34.9 Å². The maximum atomic E-state index is 12.0. The van der Waals surface area contributed by atoms with Crippen molar-refractivity contribution < 1.29 is 9.53 Å². The average molecular weight is 341 g/mol. The normalized spacial score (nSPS) is 14.2. The molecule has 0 fully saturated rings. The minimum absolute atomic E-state index is 0.165. The van der Waals surface area contributed by atoms with Crippen LogP contribution in [0.2, 0.25) is 5.02 Å². The fourth-order valence-electron chi connectivity index (χ4n) is 2.26. The van der Waals surface area contributed by atoms with Gasteiger partial charge in [0.15, 0.2) is 0 Å². The van der Waals surface area contributed by atoms with Crippen LogP contribution in [-0.4, -0.2) is 36.7 Å². The Morgan fingerprint density at radius 2 is 1.91 bits per heavy atom. The van der Waals surface area contributed by atoms with E-state index in [-0.39, 0.29) is 12.1 Å². The Labute approximate surface area is 145 Å². The van der Waals surface area contributed by atoms with Crippen molar-refractivity contribution in [3.8, 4) is 0 Å². The molecule has 1 aromatic rings. The molecular weight excluding hydrogens is 312 g/mol. The number of benzene rings is 1. The number of nitrogens with one attached hydrogen (secondary N) is 1. The smallest absolute Gasteiger partial charge is 0.410 e. The summed E-state index contributed by atoms with van der Waals surface area (Å²) in [5.74, 6) is 0.303. The lowest BCUT2D eigenvalue weighted by molar-refractivity contribution is 0.0276. The highest BCUT2D eigenvalue weighted by Crippen LogP contribution is 2.22. The molecule has 1 N–H and O–H groups in total. The van der Waals surface area contributed by atoms with E-state index < -0.39 is 5.60 Å². The molecule has 4 nitrogen and oxygen atoms in total. The summed E-state index contributed by atoms with van der Waals surface area (Å²) in [4.78, 5) is 13.6. The number of halogens is 1. The maximum Gasteiger partial charge on any atom is 0.410 e. The minimum Gasteiger partial charge on any atom is -0.444 e. The third-order valence-corrected chi connectivity index (χ3v) is 3.78. The summed E-state index contributed by atoms with van der Waals surface area (Å²) >= 11 is 6.21. The van der Waals surface area contributed by atoms with Crippen molar-refractivity contribution in [2.24, 2.45) is 5.92 Å². The molecule has 2 unspecified atom stereocenters. The molecule has 0 radical (unpaired) electrons. The van der Waals surface area contributed by atoms with Crippen LogP contribution in [0.1, 0.15) is 46.2 Å². The van der Waals surface area contributed by atoms with Crippen LogP contribution in [0.15, 0.2) is 24.3 Å². The summed E-state index contributed by atoms with van der Waals surface area (Å²) in [5, 5.41) is 4.24. The highest BCUT2D eigenvalue weighted by atomic mass is 35.5. The first-order chi connectivity index (χ1) is 10.6. The zero-order valence-corrected chi connectivity index (χ0v) is 15.8. The lowest BCUT2D eigenvalue weighted by Gasteiger charge is -2.27. The van der Waals surface area contributed by atoms with Crippen molar-refractivity contribution in [1.82, 2.24) is 10.2 Å². The van der Waals surface area contributed by atoms with Gasteiger partial charge in [-0.2, -0.15) is 0 Å². The van der Waals surface area contributed by atoms with Crippen molar-refractivity contribution >= 4 is 17.7 Å². The molecule has 2 atom stereocenters. The van der Waals surface area contributed by atoms with Crippen LogP contribution in [0, 0.1) is 5.92 Å². The fourth-order valence-corrected chi connectivity index (χ4v) is 2.56. The summed E-state index contributed by atoms with van der Waals surface area (Å²) in [6.07, 6.45) is -0.288. The summed E-state index contributed by atoms with van der Waals surface area (Å²) in [6.45, 7) is 11.2. The largest absolute Gasteiger partial charge is 0.444 e. The molecule has 0 aromatic heterocycles. The Balaban J connectivity index is 2.43. The third-order valence-electron chi connectivity index (χ3n) is 3.43. The number of ether oxygens (including phenoxy) is 1. The van der Waals surface area contributed by atoms with Crippen LogP contribution in [0.4, 0.5) is 4.79 Å². The second-order valence-corrected chi connectivity index (χ2v) is 7.52. The Kier molecular flexibility index (Phi) is 7.36. The van der Waals surface area contributed by atoms with Crippen molar-refractivity contribution in [2.45, 2.75) is 46.3 Å². The van der Waals surface area contributed by atoms with E-state index in [1.54, 1.807) is 11.9 Å². The van der Waals surface area contributed by atoms with E-state index in [9.17, 15) is 4.79 Å². The first-order valence-corrected chi connectivity index (χ1v) is 8.40. The first-order valence-electron chi connectivity index (χ1n) is 8.02. The Hall–Kier alpha value is -1.26. The van der Waals surface area contributed by atoms with Crippen LogP contribution in [0.5, 0.6) is 0 Å². The summed E-state index contributed by atoms with van der Waals surface area (Å²) < 4.78 is 5.36. The van der Waals surface area contributed by atoms with Crippen LogP contribution in [0.25, 0.3) is 0 Å². The summed E-state index contributed by atoms with van der Waals surface area (Å²) in [6, 6.07) is 8.00. The van der Waals surface area contributed by atoms with E-state index in [0.29, 0.717) is 12.5 Å². The van der Waals surface area contributed by atoms with Gasteiger partial charge < -0.3 is 15.0 Å². The SMILES string of the molecule is CC(CNC(C)c1ccccc1Cl)CN(C)C(=O)OC(C)(C)C. The average Bonchev–Trinajstić information content (AvgIpc) is 2.43. The predicted molar refractivity (Wildman–Crippen MR) is 95.9 cm³/mol. The zero-order chi connectivity index (χ0) is 17.6. The maximum absolute atomic E-state index is 12.0. The molecule has 0 aliphatic carbocycles.